The lowest BCUT2D eigenvalue weighted by atomic mass is 9.86. The lowest BCUT2D eigenvalue weighted by Crippen LogP contribution is -2.47. The van der Waals surface area contributed by atoms with Crippen LogP contribution in [0, 0.1) is 0 Å². The molecule has 2 fully saturated rings. The van der Waals surface area contributed by atoms with E-state index in [4.69, 9.17) is 9.47 Å². The molecule has 0 bridgehead atoms. The number of nitrogens with one attached hydrogen (secondary N) is 1. The third-order valence-corrected chi connectivity index (χ3v) is 5.51. The average molecular weight is 396 g/mol. The number of carbonyl (C=O) groups is 1. The number of benzene rings is 1. The number of anilines is 2. The molecule has 0 saturated carbocycles. The second-order valence-electron chi connectivity index (χ2n) is 8.62. The zero-order valence-electron chi connectivity index (χ0n) is 17.3. The van der Waals surface area contributed by atoms with Crippen molar-refractivity contribution in [2.24, 2.45) is 0 Å². The Bertz CT molecular complexity index is 860. The molecule has 2 aliphatic rings. The summed E-state index contributed by atoms with van der Waals surface area (Å²) in [5, 5.41) is 3.28. The zero-order valence-corrected chi connectivity index (χ0v) is 17.3. The predicted octanol–water partition coefficient (Wildman–Crippen LogP) is 3.50. The number of ether oxygens (including phenoxy) is 2. The van der Waals surface area contributed by atoms with Crippen LogP contribution < -0.4 is 5.32 Å². The van der Waals surface area contributed by atoms with Crippen LogP contribution in [0.5, 0.6) is 0 Å². The van der Waals surface area contributed by atoms with Gasteiger partial charge in [-0.05, 0) is 17.0 Å². The molecule has 1 spiro atoms. The molecule has 2 aliphatic heterocycles. The summed E-state index contributed by atoms with van der Waals surface area (Å²) in [4.78, 5) is 23.3. The van der Waals surface area contributed by atoms with Crippen molar-refractivity contribution in [2.45, 2.75) is 44.8 Å². The van der Waals surface area contributed by atoms with Crippen LogP contribution in [-0.4, -0.2) is 52.9 Å². The molecule has 3 heterocycles. The summed E-state index contributed by atoms with van der Waals surface area (Å²) < 4.78 is 11.5. The molecule has 0 unspecified atom stereocenters. The Morgan fingerprint density at radius 3 is 2.31 bits per heavy atom. The van der Waals surface area contributed by atoms with Gasteiger partial charge < -0.3 is 19.7 Å². The van der Waals surface area contributed by atoms with Gasteiger partial charge in [-0.2, -0.15) is 0 Å². The highest BCUT2D eigenvalue weighted by Gasteiger charge is 2.40. The topological polar surface area (TPSA) is 76.6 Å². The van der Waals surface area contributed by atoms with Crippen LogP contribution >= 0.6 is 0 Å². The summed E-state index contributed by atoms with van der Waals surface area (Å²) in [6.07, 6.45) is 4.57. The Morgan fingerprint density at radius 1 is 1.07 bits per heavy atom. The van der Waals surface area contributed by atoms with Crippen LogP contribution in [0.4, 0.5) is 11.6 Å². The maximum atomic E-state index is 12.8. The number of amides is 1. The number of piperidine rings is 1. The monoisotopic (exact) mass is 396 g/mol. The first-order valence-electron chi connectivity index (χ1n) is 10.1. The van der Waals surface area contributed by atoms with E-state index in [0.29, 0.717) is 50.7 Å². The van der Waals surface area contributed by atoms with Gasteiger partial charge in [0.15, 0.2) is 5.79 Å². The molecule has 0 aliphatic carbocycles. The van der Waals surface area contributed by atoms with E-state index in [0.717, 1.165) is 5.69 Å². The molecular weight excluding hydrogens is 368 g/mol. The van der Waals surface area contributed by atoms with Gasteiger partial charge >= 0.3 is 0 Å². The molecule has 154 valence electrons. The van der Waals surface area contributed by atoms with Crippen molar-refractivity contribution < 1.29 is 14.3 Å². The number of hydrogen-bond donors (Lipinski definition) is 1. The van der Waals surface area contributed by atoms with Crippen molar-refractivity contribution in [1.29, 1.82) is 0 Å². The molecule has 0 radical (unpaired) electrons. The lowest BCUT2D eigenvalue weighted by Gasteiger charge is -2.37. The van der Waals surface area contributed by atoms with E-state index in [9.17, 15) is 4.79 Å². The maximum Gasteiger partial charge on any atom is 0.256 e. The van der Waals surface area contributed by atoms with Gasteiger partial charge in [0, 0.05) is 44.0 Å². The van der Waals surface area contributed by atoms with E-state index in [1.807, 2.05) is 23.1 Å². The molecule has 1 aromatic heterocycles. The van der Waals surface area contributed by atoms with Crippen LogP contribution in [0.3, 0.4) is 0 Å². The molecule has 0 atom stereocenters. The summed E-state index contributed by atoms with van der Waals surface area (Å²) in [6, 6.07) is 8.12. The first-order chi connectivity index (χ1) is 13.9. The predicted molar refractivity (Wildman–Crippen MR) is 110 cm³/mol. The van der Waals surface area contributed by atoms with Crippen molar-refractivity contribution >= 4 is 17.5 Å². The highest BCUT2D eigenvalue weighted by molar-refractivity contribution is 5.93. The molecule has 2 aromatic rings. The smallest absolute Gasteiger partial charge is 0.256 e. The molecule has 1 amide bonds. The van der Waals surface area contributed by atoms with Crippen LogP contribution in [-0.2, 0) is 14.9 Å². The number of hydrogen-bond acceptors (Lipinski definition) is 6. The van der Waals surface area contributed by atoms with E-state index >= 15 is 0 Å². The molecule has 1 aromatic carbocycles. The summed E-state index contributed by atoms with van der Waals surface area (Å²) in [6.45, 7) is 8.99. The van der Waals surface area contributed by atoms with Crippen LogP contribution in [0.2, 0.25) is 0 Å². The SMILES string of the molecule is CC(C)(C)c1ccccc1Nc1ncc(C(=O)N2CCC3(CC2)OCCO3)cn1. The van der Waals surface area contributed by atoms with E-state index in [1.165, 1.54) is 5.56 Å². The molecule has 29 heavy (non-hydrogen) atoms. The normalized spacial score (nSPS) is 18.8. The summed E-state index contributed by atoms with van der Waals surface area (Å²) in [5.74, 6) is -0.0651. The highest BCUT2D eigenvalue weighted by atomic mass is 16.7. The van der Waals surface area contributed by atoms with E-state index < -0.39 is 5.79 Å². The van der Waals surface area contributed by atoms with Gasteiger partial charge in [0.05, 0.1) is 18.8 Å². The lowest BCUT2D eigenvalue weighted by molar-refractivity contribution is -0.181. The minimum atomic E-state index is -0.485. The van der Waals surface area contributed by atoms with Gasteiger partial charge in [-0.15, -0.1) is 0 Å². The average Bonchev–Trinajstić information content (AvgIpc) is 3.16. The van der Waals surface area contributed by atoms with Crippen molar-refractivity contribution in [3.63, 3.8) is 0 Å². The fraction of sp³-hybridized carbons (Fsp3) is 0.500. The number of para-hydroxylation sites is 1. The van der Waals surface area contributed by atoms with Crippen LogP contribution in [0.15, 0.2) is 36.7 Å². The highest BCUT2D eigenvalue weighted by Crippen LogP contribution is 2.32. The largest absolute Gasteiger partial charge is 0.347 e. The number of likely N-dealkylation sites (tertiary alicyclic amines) is 1. The zero-order chi connectivity index (χ0) is 20.5. The Kier molecular flexibility index (Phi) is 5.27. The van der Waals surface area contributed by atoms with Crippen molar-refractivity contribution in [1.82, 2.24) is 14.9 Å². The maximum absolute atomic E-state index is 12.8. The van der Waals surface area contributed by atoms with Gasteiger partial charge in [-0.3, -0.25) is 4.79 Å². The second kappa shape index (κ2) is 7.72. The van der Waals surface area contributed by atoms with Crippen LogP contribution in [0.1, 0.15) is 49.5 Å². The Hall–Kier alpha value is -2.51. The standard InChI is InChI=1S/C22H28N4O3/c1-21(2,3)17-6-4-5-7-18(17)25-20-23-14-16(15-24-20)19(27)26-10-8-22(9-11-26)28-12-13-29-22/h4-7,14-15H,8-13H2,1-3H3,(H,23,24,25). The molecule has 7 heteroatoms. The third-order valence-electron chi connectivity index (χ3n) is 5.51. The minimum absolute atomic E-state index is 0.00211. The number of rotatable bonds is 3. The number of aromatic nitrogens is 2. The van der Waals surface area contributed by atoms with Gasteiger partial charge in [0.2, 0.25) is 5.95 Å². The van der Waals surface area contributed by atoms with E-state index in [1.54, 1.807) is 12.4 Å². The van der Waals surface area contributed by atoms with Crippen molar-refractivity contribution in [3.8, 4) is 0 Å². The van der Waals surface area contributed by atoms with Crippen molar-refractivity contribution in [3.05, 3.63) is 47.8 Å². The molecule has 7 nitrogen and oxygen atoms in total. The summed E-state index contributed by atoms with van der Waals surface area (Å²) in [7, 11) is 0. The Balaban J connectivity index is 1.42. The third kappa shape index (κ3) is 4.26. The quantitative estimate of drug-likeness (QED) is 0.856. The Morgan fingerprint density at radius 2 is 1.69 bits per heavy atom. The van der Waals surface area contributed by atoms with Crippen molar-refractivity contribution in [2.75, 3.05) is 31.6 Å². The van der Waals surface area contributed by atoms with Crippen LogP contribution in [0.25, 0.3) is 0 Å². The molecular formula is C22H28N4O3. The molecule has 1 N–H and O–H groups in total. The fourth-order valence-corrected chi connectivity index (χ4v) is 3.89. The molecule has 2 saturated heterocycles. The summed E-state index contributed by atoms with van der Waals surface area (Å²) in [5.41, 5.74) is 2.64. The fourth-order valence-electron chi connectivity index (χ4n) is 3.89. The second-order valence-corrected chi connectivity index (χ2v) is 8.62. The van der Waals surface area contributed by atoms with Gasteiger partial charge in [-0.25, -0.2) is 9.97 Å². The first-order valence-corrected chi connectivity index (χ1v) is 10.1. The van der Waals surface area contributed by atoms with E-state index in [2.05, 4.69) is 42.1 Å². The number of nitrogens with zero attached hydrogens (tertiary/aromatic N) is 3. The van der Waals surface area contributed by atoms with Gasteiger partial charge in [-0.1, -0.05) is 39.0 Å². The number of carbonyl (C=O) groups excluding carboxylic acids is 1. The first kappa shape index (κ1) is 19.8. The summed E-state index contributed by atoms with van der Waals surface area (Å²) >= 11 is 0. The molecule has 4 rings (SSSR count). The van der Waals surface area contributed by atoms with Gasteiger partial charge in [0.1, 0.15) is 0 Å². The minimum Gasteiger partial charge on any atom is -0.347 e. The van der Waals surface area contributed by atoms with E-state index in [-0.39, 0.29) is 11.3 Å². The Labute approximate surface area is 171 Å². The van der Waals surface area contributed by atoms with Gasteiger partial charge in [0.25, 0.3) is 5.91 Å².